The van der Waals surface area contributed by atoms with Gasteiger partial charge in [0.1, 0.15) is 16.6 Å². The molecule has 0 aliphatic rings. The van der Waals surface area contributed by atoms with E-state index in [1.807, 2.05) is 0 Å². The summed E-state index contributed by atoms with van der Waals surface area (Å²) in [4.78, 5) is 4.02. The molecule has 0 spiro atoms. The molecular formula is C12H6Cl4F4N2OS. The van der Waals surface area contributed by atoms with E-state index in [1.54, 1.807) is 6.92 Å². The average molecular weight is 444 g/mol. The molecule has 0 aliphatic carbocycles. The van der Waals surface area contributed by atoms with Crippen LogP contribution in [-0.2, 0) is 0 Å². The van der Waals surface area contributed by atoms with E-state index in [9.17, 15) is 17.6 Å². The van der Waals surface area contributed by atoms with Crippen molar-refractivity contribution in [3.8, 4) is 11.4 Å². The molecule has 2 aromatic rings. The van der Waals surface area contributed by atoms with Crippen molar-refractivity contribution in [3.63, 3.8) is 0 Å². The Morgan fingerprint density at radius 2 is 1.67 bits per heavy atom. The van der Waals surface area contributed by atoms with Crippen molar-refractivity contribution < 1.29 is 22.3 Å². The fraction of sp³-hybridized carbons (Fsp3) is 0.250. The molecule has 1 aromatic carbocycles. The monoisotopic (exact) mass is 442 g/mol. The molecule has 0 unspecified atom stereocenters. The van der Waals surface area contributed by atoms with Gasteiger partial charge in [-0.3, -0.25) is 4.57 Å². The first-order chi connectivity index (χ1) is 10.9. The third kappa shape index (κ3) is 5.23. The third-order valence-corrected chi connectivity index (χ3v) is 4.22. The van der Waals surface area contributed by atoms with Crippen LogP contribution in [0, 0.1) is 6.92 Å². The molecule has 0 atom stereocenters. The summed E-state index contributed by atoms with van der Waals surface area (Å²) in [5.74, 6) is -0.235. The van der Waals surface area contributed by atoms with Gasteiger partial charge in [0.15, 0.2) is 0 Å². The van der Waals surface area contributed by atoms with Gasteiger partial charge in [0.25, 0.3) is 0 Å². The number of nitrogens with zero attached hydrogens (tertiary/aromatic N) is 2. The largest absolute Gasteiger partial charge is 0.573 e. The van der Waals surface area contributed by atoms with E-state index in [-0.39, 0.29) is 20.8 Å². The number of ether oxygens (including phenoxy) is 1. The Balaban J connectivity index is 2.43. The van der Waals surface area contributed by atoms with Gasteiger partial charge in [-0.2, -0.15) is 4.39 Å². The Labute approximate surface area is 157 Å². The van der Waals surface area contributed by atoms with Crippen molar-refractivity contribution in [1.82, 2.24) is 9.55 Å². The van der Waals surface area contributed by atoms with Crippen molar-refractivity contribution in [2.24, 2.45) is 0 Å². The molecule has 0 amide bonds. The van der Waals surface area contributed by atoms with Gasteiger partial charge in [0.2, 0.25) is 0 Å². The summed E-state index contributed by atoms with van der Waals surface area (Å²) < 4.78 is 52.6. The summed E-state index contributed by atoms with van der Waals surface area (Å²) in [5, 5.41) is -0.119. The Kier molecular flexibility index (Phi) is 5.76. The number of rotatable bonds is 4. The first kappa shape index (κ1) is 19.8. The van der Waals surface area contributed by atoms with Crippen LogP contribution in [0.5, 0.6) is 5.75 Å². The zero-order valence-corrected chi connectivity index (χ0v) is 15.3. The quantitative estimate of drug-likeness (QED) is 0.305. The average Bonchev–Trinajstić information content (AvgIpc) is 2.64. The normalized spacial score (nSPS) is 12.5. The van der Waals surface area contributed by atoms with Gasteiger partial charge in [-0.1, -0.05) is 46.4 Å². The highest BCUT2D eigenvalue weighted by Gasteiger charge is 2.32. The molecule has 132 valence electrons. The number of aryl methyl sites for hydroxylation is 1. The van der Waals surface area contributed by atoms with E-state index in [1.165, 1.54) is 10.8 Å². The highest BCUT2D eigenvalue weighted by atomic mass is 35.5. The van der Waals surface area contributed by atoms with Crippen LogP contribution < -0.4 is 4.74 Å². The lowest BCUT2D eigenvalue weighted by Gasteiger charge is -2.14. The maximum absolute atomic E-state index is 13.3. The van der Waals surface area contributed by atoms with E-state index < -0.39 is 16.0 Å². The van der Waals surface area contributed by atoms with Crippen LogP contribution >= 0.6 is 58.2 Å². The molecule has 0 N–H and O–H groups in total. The summed E-state index contributed by atoms with van der Waals surface area (Å²) in [7, 11) is 0. The van der Waals surface area contributed by atoms with Crippen molar-refractivity contribution >= 4 is 58.2 Å². The molecule has 12 heteroatoms. The van der Waals surface area contributed by atoms with Gasteiger partial charge in [0.05, 0.1) is 15.7 Å². The van der Waals surface area contributed by atoms with Gasteiger partial charge in [-0.15, -0.1) is 13.2 Å². The van der Waals surface area contributed by atoms with E-state index in [0.717, 1.165) is 12.1 Å². The molecule has 2 rings (SSSR count). The van der Waals surface area contributed by atoms with Crippen molar-refractivity contribution in [2.45, 2.75) is 22.2 Å². The summed E-state index contributed by atoms with van der Waals surface area (Å²) in [6, 6.07) is 1.90. The van der Waals surface area contributed by atoms with Gasteiger partial charge in [0, 0.05) is 18.3 Å². The number of hydrogen-bond donors (Lipinski definition) is 0. The fourth-order valence-corrected chi connectivity index (χ4v) is 3.50. The zero-order chi connectivity index (χ0) is 18.3. The molecule has 24 heavy (non-hydrogen) atoms. The lowest BCUT2D eigenvalue weighted by Crippen LogP contribution is -2.17. The Bertz CT molecular complexity index is 737. The lowest BCUT2D eigenvalue weighted by molar-refractivity contribution is -0.274. The van der Waals surface area contributed by atoms with E-state index in [2.05, 4.69) is 9.72 Å². The van der Waals surface area contributed by atoms with Crippen LogP contribution in [0.1, 0.15) is 5.82 Å². The molecule has 0 fully saturated rings. The number of benzene rings is 1. The van der Waals surface area contributed by atoms with Crippen LogP contribution in [0.3, 0.4) is 0 Å². The lowest BCUT2D eigenvalue weighted by atomic mass is 10.3. The van der Waals surface area contributed by atoms with E-state index >= 15 is 0 Å². The molecule has 0 aliphatic heterocycles. The van der Waals surface area contributed by atoms with E-state index in [4.69, 9.17) is 46.4 Å². The van der Waals surface area contributed by atoms with Crippen LogP contribution in [-0.4, -0.2) is 19.8 Å². The van der Waals surface area contributed by atoms with Gasteiger partial charge < -0.3 is 4.74 Å². The van der Waals surface area contributed by atoms with Crippen LogP contribution in [0.25, 0.3) is 5.69 Å². The summed E-state index contributed by atoms with van der Waals surface area (Å²) >= 11 is 22.9. The number of imidazole rings is 1. The predicted molar refractivity (Wildman–Crippen MR) is 86.4 cm³/mol. The molecule has 3 nitrogen and oxygen atoms in total. The highest BCUT2D eigenvalue weighted by Crippen LogP contribution is 2.42. The van der Waals surface area contributed by atoms with Gasteiger partial charge in [-0.05, 0) is 18.7 Å². The topological polar surface area (TPSA) is 27.1 Å². The number of halogens is 8. The SMILES string of the molecule is Cc1nc(SC(F)(Cl)Cl)cn1-c1c(Cl)cc(OC(F)(F)F)cc1Cl. The summed E-state index contributed by atoms with van der Waals surface area (Å²) in [6.45, 7) is 1.55. The van der Waals surface area contributed by atoms with Crippen molar-refractivity contribution in [2.75, 3.05) is 0 Å². The second kappa shape index (κ2) is 6.99. The number of hydrogen-bond acceptors (Lipinski definition) is 3. The van der Waals surface area contributed by atoms with Crippen LogP contribution in [0.15, 0.2) is 23.4 Å². The maximum atomic E-state index is 13.3. The Hall–Kier alpha value is -0.540. The minimum absolute atomic E-state index is 0.123. The molecule has 1 heterocycles. The Morgan fingerprint density at radius 3 is 2.12 bits per heavy atom. The molecule has 0 saturated heterocycles. The second-order valence-corrected chi connectivity index (χ2v) is 8.01. The highest BCUT2D eigenvalue weighted by molar-refractivity contribution is 8.03. The first-order valence-electron chi connectivity index (χ1n) is 5.92. The van der Waals surface area contributed by atoms with Crippen molar-refractivity contribution in [3.05, 3.63) is 34.2 Å². The maximum Gasteiger partial charge on any atom is 0.573 e. The third-order valence-electron chi connectivity index (χ3n) is 2.55. The van der Waals surface area contributed by atoms with Gasteiger partial charge in [-0.25, -0.2) is 4.98 Å². The van der Waals surface area contributed by atoms with Crippen molar-refractivity contribution in [1.29, 1.82) is 0 Å². The summed E-state index contributed by atoms with van der Waals surface area (Å²) in [6.07, 6.45) is -3.54. The smallest absolute Gasteiger partial charge is 0.406 e. The van der Waals surface area contributed by atoms with Crippen LogP contribution in [0.4, 0.5) is 17.6 Å². The van der Waals surface area contributed by atoms with Gasteiger partial charge >= 0.3 is 10.3 Å². The standard InChI is InChI=1S/C12H6Cl4F4N2OS/c1-5-21-9(24-11(15,16)17)4-22(5)10-7(13)2-6(3-8(10)14)23-12(18,19)20/h2-4H,1H3. The number of alkyl halides is 6. The minimum Gasteiger partial charge on any atom is -0.406 e. The van der Waals surface area contributed by atoms with Crippen LogP contribution in [0.2, 0.25) is 10.0 Å². The fourth-order valence-electron chi connectivity index (χ4n) is 1.81. The Morgan fingerprint density at radius 1 is 1.12 bits per heavy atom. The number of aromatic nitrogens is 2. The summed E-state index contributed by atoms with van der Waals surface area (Å²) in [5.41, 5.74) is 0.151. The zero-order valence-electron chi connectivity index (χ0n) is 11.5. The minimum atomic E-state index is -4.88. The first-order valence-corrected chi connectivity index (χ1v) is 8.25. The number of thioether (sulfide) groups is 1. The second-order valence-electron chi connectivity index (χ2n) is 4.33. The molecule has 0 bridgehead atoms. The molecule has 0 saturated carbocycles. The predicted octanol–water partition coefficient (Wildman–Crippen LogP) is 6.54. The molecule has 0 radical (unpaired) electrons. The van der Waals surface area contributed by atoms with E-state index in [0.29, 0.717) is 17.6 Å². The molecular weight excluding hydrogens is 438 g/mol. The molecule has 1 aromatic heterocycles.